The van der Waals surface area contributed by atoms with Gasteiger partial charge >= 0.3 is 6.03 Å². The van der Waals surface area contributed by atoms with E-state index in [0.717, 1.165) is 30.1 Å². The Morgan fingerprint density at radius 3 is 2.92 bits per heavy atom. The number of hydrogen-bond donors (Lipinski definition) is 2. The lowest BCUT2D eigenvalue weighted by Crippen LogP contribution is -2.45. The van der Waals surface area contributed by atoms with Crippen molar-refractivity contribution >= 4 is 17.4 Å². The molecule has 0 spiro atoms. The van der Waals surface area contributed by atoms with Gasteiger partial charge in [-0.25, -0.2) is 9.78 Å². The summed E-state index contributed by atoms with van der Waals surface area (Å²) in [5, 5.41) is 15.4. The number of rotatable bonds is 5. The standard InChI is InChI=1S/C17H24N4O2S/c1-13-18-6-10-20(13)11-7-19-17(23)21-8-4-14(5-9-21)16(22)15-3-2-12-24-15/h2-3,6,10,12,14,16,22H,4-5,7-9,11H2,1H3,(H,19,23)/t16-/m0/s1. The molecule has 0 aromatic carbocycles. The van der Waals surface area contributed by atoms with Gasteiger partial charge in [-0.15, -0.1) is 11.3 Å². The van der Waals surface area contributed by atoms with Gasteiger partial charge in [-0.3, -0.25) is 0 Å². The molecule has 1 fully saturated rings. The van der Waals surface area contributed by atoms with Crippen LogP contribution in [0.5, 0.6) is 0 Å². The lowest BCUT2D eigenvalue weighted by Gasteiger charge is -2.34. The molecule has 1 saturated heterocycles. The lowest BCUT2D eigenvalue weighted by molar-refractivity contribution is 0.0690. The Morgan fingerprint density at radius 1 is 1.50 bits per heavy atom. The van der Waals surface area contributed by atoms with Gasteiger partial charge in [0.1, 0.15) is 5.82 Å². The Balaban J connectivity index is 1.41. The van der Waals surface area contributed by atoms with Gasteiger partial charge in [0.2, 0.25) is 0 Å². The average Bonchev–Trinajstić information content (AvgIpc) is 3.26. The third-order valence-electron chi connectivity index (χ3n) is 4.66. The van der Waals surface area contributed by atoms with Crippen LogP contribution in [0.1, 0.15) is 29.6 Å². The zero-order valence-electron chi connectivity index (χ0n) is 13.9. The van der Waals surface area contributed by atoms with E-state index in [2.05, 4.69) is 10.3 Å². The number of amides is 2. The summed E-state index contributed by atoms with van der Waals surface area (Å²) in [6, 6.07) is 3.93. The van der Waals surface area contributed by atoms with Crippen molar-refractivity contribution in [2.24, 2.45) is 5.92 Å². The van der Waals surface area contributed by atoms with Gasteiger partial charge in [0.25, 0.3) is 0 Å². The van der Waals surface area contributed by atoms with Gasteiger partial charge < -0.3 is 19.9 Å². The summed E-state index contributed by atoms with van der Waals surface area (Å²) in [6.45, 7) is 4.66. The molecule has 7 heteroatoms. The SMILES string of the molecule is Cc1nccn1CCNC(=O)N1CCC([C@H](O)c2cccs2)CC1. The molecule has 2 aromatic heterocycles. The van der Waals surface area contributed by atoms with Gasteiger partial charge in [-0.1, -0.05) is 6.07 Å². The zero-order chi connectivity index (χ0) is 16.9. The average molecular weight is 348 g/mol. The Kier molecular flexibility index (Phi) is 5.52. The van der Waals surface area contributed by atoms with Crippen molar-refractivity contribution in [2.45, 2.75) is 32.4 Å². The number of nitrogens with zero attached hydrogens (tertiary/aromatic N) is 3. The first-order valence-corrected chi connectivity index (χ1v) is 9.25. The number of piperidine rings is 1. The number of imidazole rings is 1. The second kappa shape index (κ2) is 7.81. The predicted molar refractivity (Wildman–Crippen MR) is 93.9 cm³/mol. The normalized spacial score (nSPS) is 17.0. The van der Waals surface area contributed by atoms with Crippen LogP contribution in [0.2, 0.25) is 0 Å². The molecule has 1 atom stereocenters. The lowest BCUT2D eigenvalue weighted by atomic mass is 9.90. The molecule has 2 aromatic rings. The number of thiophene rings is 1. The summed E-state index contributed by atoms with van der Waals surface area (Å²) in [7, 11) is 0. The first kappa shape index (κ1) is 17.0. The maximum atomic E-state index is 12.2. The van der Waals surface area contributed by atoms with Crippen LogP contribution in [-0.4, -0.2) is 45.2 Å². The summed E-state index contributed by atoms with van der Waals surface area (Å²) in [5.41, 5.74) is 0. The topological polar surface area (TPSA) is 70.4 Å². The molecule has 0 saturated carbocycles. The van der Waals surface area contributed by atoms with Crippen molar-refractivity contribution in [2.75, 3.05) is 19.6 Å². The molecule has 2 N–H and O–H groups in total. The number of carbonyl (C=O) groups is 1. The summed E-state index contributed by atoms with van der Waals surface area (Å²) in [6.07, 6.45) is 4.96. The van der Waals surface area contributed by atoms with E-state index in [1.807, 2.05) is 40.1 Å². The van der Waals surface area contributed by atoms with Gasteiger partial charge in [0.15, 0.2) is 0 Å². The van der Waals surface area contributed by atoms with E-state index in [0.29, 0.717) is 19.6 Å². The number of aromatic nitrogens is 2. The highest BCUT2D eigenvalue weighted by Crippen LogP contribution is 2.32. The third-order valence-corrected chi connectivity index (χ3v) is 5.60. The molecule has 3 heterocycles. The predicted octanol–water partition coefficient (Wildman–Crippen LogP) is 2.41. The molecule has 3 rings (SSSR count). The monoisotopic (exact) mass is 348 g/mol. The van der Waals surface area contributed by atoms with Crippen LogP contribution < -0.4 is 5.32 Å². The third kappa shape index (κ3) is 3.96. The molecule has 1 aliphatic heterocycles. The largest absolute Gasteiger partial charge is 0.387 e. The number of carbonyl (C=O) groups excluding carboxylic acids is 1. The van der Waals surface area contributed by atoms with Crippen LogP contribution in [0, 0.1) is 12.8 Å². The van der Waals surface area contributed by atoms with E-state index in [9.17, 15) is 9.90 Å². The first-order chi connectivity index (χ1) is 11.6. The molecule has 6 nitrogen and oxygen atoms in total. The highest BCUT2D eigenvalue weighted by Gasteiger charge is 2.28. The van der Waals surface area contributed by atoms with E-state index in [1.165, 1.54) is 0 Å². The molecule has 2 amide bonds. The minimum atomic E-state index is -0.403. The van der Waals surface area contributed by atoms with E-state index in [4.69, 9.17) is 0 Å². The smallest absolute Gasteiger partial charge is 0.317 e. The highest BCUT2D eigenvalue weighted by molar-refractivity contribution is 7.10. The summed E-state index contributed by atoms with van der Waals surface area (Å²) in [4.78, 5) is 19.3. The van der Waals surface area contributed by atoms with Crippen LogP contribution in [-0.2, 0) is 6.54 Å². The number of aliphatic hydroxyl groups is 1. The Bertz CT molecular complexity index is 647. The zero-order valence-corrected chi connectivity index (χ0v) is 14.7. The minimum Gasteiger partial charge on any atom is -0.387 e. The number of hydrogen-bond acceptors (Lipinski definition) is 4. The molecule has 0 unspecified atom stereocenters. The van der Waals surface area contributed by atoms with Crippen LogP contribution >= 0.6 is 11.3 Å². The molecular weight excluding hydrogens is 324 g/mol. The van der Waals surface area contributed by atoms with Crippen molar-refractivity contribution in [1.29, 1.82) is 0 Å². The Hall–Kier alpha value is -1.86. The Labute approximate surface area is 146 Å². The van der Waals surface area contributed by atoms with Crippen LogP contribution in [0.15, 0.2) is 29.9 Å². The van der Waals surface area contributed by atoms with Gasteiger partial charge in [-0.05, 0) is 37.1 Å². The molecule has 24 heavy (non-hydrogen) atoms. The second-order valence-corrected chi connectivity index (χ2v) is 7.16. The molecule has 0 radical (unpaired) electrons. The van der Waals surface area contributed by atoms with Gasteiger partial charge in [0.05, 0.1) is 6.10 Å². The van der Waals surface area contributed by atoms with Crippen molar-refractivity contribution in [3.63, 3.8) is 0 Å². The molecule has 0 aliphatic carbocycles. The second-order valence-electron chi connectivity index (χ2n) is 6.18. The summed E-state index contributed by atoms with van der Waals surface area (Å²) >= 11 is 1.59. The van der Waals surface area contributed by atoms with Crippen molar-refractivity contribution < 1.29 is 9.90 Å². The highest BCUT2D eigenvalue weighted by atomic mass is 32.1. The van der Waals surface area contributed by atoms with Crippen molar-refractivity contribution in [1.82, 2.24) is 19.8 Å². The summed E-state index contributed by atoms with van der Waals surface area (Å²) in [5.74, 6) is 1.19. The van der Waals surface area contributed by atoms with Gasteiger partial charge in [0, 0.05) is 43.4 Å². The minimum absolute atomic E-state index is 0.0168. The molecular formula is C17H24N4O2S. The van der Waals surface area contributed by atoms with Crippen LogP contribution in [0.3, 0.4) is 0 Å². The maximum absolute atomic E-state index is 12.2. The fourth-order valence-corrected chi connectivity index (χ4v) is 3.95. The number of urea groups is 1. The number of nitrogens with one attached hydrogen (secondary N) is 1. The number of aryl methyl sites for hydroxylation is 1. The molecule has 130 valence electrons. The van der Waals surface area contributed by atoms with Crippen LogP contribution in [0.25, 0.3) is 0 Å². The fraction of sp³-hybridized carbons (Fsp3) is 0.529. The molecule has 1 aliphatic rings. The van der Waals surface area contributed by atoms with E-state index < -0.39 is 6.10 Å². The molecule has 0 bridgehead atoms. The Morgan fingerprint density at radius 2 is 2.29 bits per heavy atom. The maximum Gasteiger partial charge on any atom is 0.317 e. The fourth-order valence-electron chi connectivity index (χ4n) is 3.15. The number of aliphatic hydroxyl groups excluding tert-OH is 1. The van der Waals surface area contributed by atoms with Gasteiger partial charge in [-0.2, -0.15) is 0 Å². The van der Waals surface area contributed by atoms with E-state index in [-0.39, 0.29) is 11.9 Å². The van der Waals surface area contributed by atoms with Crippen molar-refractivity contribution in [3.8, 4) is 0 Å². The number of likely N-dealkylation sites (tertiary alicyclic amines) is 1. The van der Waals surface area contributed by atoms with E-state index in [1.54, 1.807) is 17.5 Å². The van der Waals surface area contributed by atoms with Crippen LogP contribution in [0.4, 0.5) is 4.79 Å². The van der Waals surface area contributed by atoms with E-state index >= 15 is 0 Å². The van der Waals surface area contributed by atoms with Crippen molar-refractivity contribution in [3.05, 3.63) is 40.6 Å². The quantitative estimate of drug-likeness (QED) is 0.872. The first-order valence-electron chi connectivity index (χ1n) is 8.37. The summed E-state index contributed by atoms with van der Waals surface area (Å²) < 4.78 is 2.02.